The molecule has 0 aliphatic carbocycles. The molecule has 202 valence electrons. The Hall–Kier alpha value is -3.28. The molecule has 0 bridgehead atoms. The van der Waals surface area contributed by atoms with Gasteiger partial charge in [-0.05, 0) is 49.1 Å². The Morgan fingerprint density at radius 2 is 1.95 bits per heavy atom. The van der Waals surface area contributed by atoms with Gasteiger partial charge >= 0.3 is 0 Å². The minimum atomic E-state index is -2.96. The van der Waals surface area contributed by atoms with Crippen LogP contribution in [0.3, 0.4) is 0 Å². The molecule has 38 heavy (non-hydrogen) atoms. The second-order valence-corrected chi connectivity index (χ2v) is 12.1. The standard InChI is InChI=1S/C27H33FN6O3S/c1-29-25-5-3-19(15-23(25)28)24-6-4-22-20(16-34(27(22)31-24)26-17-32(2)18-30-26)7-10-33(11-12-35)21-8-13-38(36,37)14-9-21/h3-6,15-18,21,29,35H,7-14H2,1-2H3. The van der Waals surface area contributed by atoms with E-state index in [1.54, 1.807) is 19.4 Å². The molecule has 1 aromatic carbocycles. The number of aromatic nitrogens is 4. The van der Waals surface area contributed by atoms with Crippen molar-refractivity contribution in [2.24, 2.45) is 7.05 Å². The van der Waals surface area contributed by atoms with Gasteiger partial charge in [0.25, 0.3) is 0 Å². The lowest BCUT2D eigenvalue weighted by atomic mass is 10.1. The summed E-state index contributed by atoms with van der Waals surface area (Å²) in [5.41, 5.74) is 3.57. The van der Waals surface area contributed by atoms with Crippen LogP contribution in [0, 0.1) is 5.82 Å². The molecule has 1 saturated heterocycles. The van der Waals surface area contributed by atoms with Gasteiger partial charge < -0.3 is 15.0 Å². The number of nitrogens with one attached hydrogen (secondary N) is 1. The van der Waals surface area contributed by atoms with Crippen LogP contribution in [0.25, 0.3) is 28.1 Å². The highest BCUT2D eigenvalue weighted by molar-refractivity contribution is 7.91. The number of fused-ring (bicyclic) bond motifs is 1. The molecule has 0 amide bonds. The van der Waals surface area contributed by atoms with Crippen molar-refractivity contribution >= 4 is 26.6 Å². The SMILES string of the molecule is CNc1ccc(-c2ccc3c(CCN(CCO)C4CCS(=O)(=O)CC4)cn(-c4cn(C)cn4)c3n2)cc1F. The first-order valence-electron chi connectivity index (χ1n) is 12.8. The van der Waals surface area contributed by atoms with E-state index in [0.29, 0.717) is 49.3 Å². The molecule has 0 unspecified atom stereocenters. The molecule has 0 spiro atoms. The van der Waals surface area contributed by atoms with Crippen LogP contribution in [0.4, 0.5) is 10.1 Å². The third-order valence-corrected chi connectivity index (χ3v) is 9.02. The fourth-order valence-corrected chi connectivity index (χ4v) is 6.68. The van der Waals surface area contributed by atoms with Gasteiger partial charge in [0.1, 0.15) is 21.3 Å². The first-order valence-corrected chi connectivity index (χ1v) is 14.6. The quantitative estimate of drug-likeness (QED) is 0.336. The average Bonchev–Trinajstić information content (AvgIpc) is 3.49. The first-order chi connectivity index (χ1) is 18.3. The monoisotopic (exact) mass is 540 g/mol. The van der Waals surface area contributed by atoms with Gasteiger partial charge in [-0.3, -0.25) is 9.47 Å². The summed E-state index contributed by atoms with van der Waals surface area (Å²) in [5, 5.41) is 13.5. The molecule has 11 heteroatoms. The summed E-state index contributed by atoms with van der Waals surface area (Å²) >= 11 is 0. The Balaban J connectivity index is 1.48. The summed E-state index contributed by atoms with van der Waals surface area (Å²) in [7, 11) is 0.634. The highest BCUT2D eigenvalue weighted by Gasteiger charge is 2.28. The molecule has 9 nitrogen and oxygen atoms in total. The van der Waals surface area contributed by atoms with Crippen molar-refractivity contribution < 1.29 is 17.9 Å². The number of hydrogen-bond donors (Lipinski definition) is 2. The number of aryl methyl sites for hydroxylation is 1. The number of anilines is 1. The Labute approximate surface area is 221 Å². The van der Waals surface area contributed by atoms with E-state index in [0.717, 1.165) is 22.4 Å². The van der Waals surface area contributed by atoms with Crippen molar-refractivity contribution in [2.45, 2.75) is 25.3 Å². The van der Waals surface area contributed by atoms with Gasteiger partial charge in [0.2, 0.25) is 0 Å². The number of sulfone groups is 1. The Morgan fingerprint density at radius 1 is 1.16 bits per heavy atom. The van der Waals surface area contributed by atoms with Gasteiger partial charge in [0, 0.05) is 56.6 Å². The molecule has 4 aromatic rings. The van der Waals surface area contributed by atoms with Crippen molar-refractivity contribution in [3.05, 3.63) is 60.4 Å². The molecule has 1 aliphatic heterocycles. The molecular formula is C27H33FN6O3S. The second-order valence-electron chi connectivity index (χ2n) is 9.83. The summed E-state index contributed by atoms with van der Waals surface area (Å²) in [6.45, 7) is 1.21. The van der Waals surface area contributed by atoms with Gasteiger partial charge in [-0.1, -0.05) is 6.07 Å². The lowest BCUT2D eigenvalue weighted by Gasteiger charge is -2.33. The number of hydrogen-bond acceptors (Lipinski definition) is 7. The van der Waals surface area contributed by atoms with Crippen molar-refractivity contribution in [3.8, 4) is 17.1 Å². The highest BCUT2D eigenvalue weighted by Crippen LogP contribution is 2.29. The van der Waals surface area contributed by atoms with Crippen LogP contribution in [-0.2, 0) is 23.3 Å². The van der Waals surface area contributed by atoms with E-state index in [4.69, 9.17) is 4.98 Å². The number of imidazole rings is 1. The molecular weight excluding hydrogens is 507 g/mol. The minimum Gasteiger partial charge on any atom is -0.395 e. The number of aliphatic hydroxyl groups is 1. The predicted molar refractivity (Wildman–Crippen MR) is 147 cm³/mol. The minimum absolute atomic E-state index is 0.0206. The van der Waals surface area contributed by atoms with Gasteiger partial charge in [-0.2, -0.15) is 0 Å². The van der Waals surface area contributed by atoms with E-state index >= 15 is 0 Å². The molecule has 2 N–H and O–H groups in total. The topological polar surface area (TPSA) is 105 Å². The van der Waals surface area contributed by atoms with E-state index in [1.807, 2.05) is 46.8 Å². The van der Waals surface area contributed by atoms with Crippen LogP contribution in [0.2, 0.25) is 0 Å². The van der Waals surface area contributed by atoms with E-state index in [9.17, 15) is 17.9 Å². The number of pyridine rings is 1. The van der Waals surface area contributed by atoms with E-state index in [1.165, 1.54) is 6.07 Å². The zero-order valence-corrected chi connectivity index (χ0v) is 22.5. The molecule has 0 atom stereocenters. The van der Waals surface area contributed by atoms with Gasteiger partial charge in [0.15, 0.2) is 5.82 Å². The zero-order valence-electron chi connectivity index (χ0n) is 21.6. The van der Waals surface area contributed by atoms with E-state index in [-0.39, 0.29) is 30.0 Å². The normalized spacial score (nSPS) is 15.9. The summed E-state index contributed by atoms with van der Waals surface area (Å²) in [4.78, 5) is 11.6. The number of benzene rings is 1. The number of aliphatic hydroxyl groups excluding tert-OH is 1. The zero-order chi connectivity index (χ0) is 26.9. The molecule has 0 saturated carbocycles. The van der Waals surface area contributed by atoms with Gasteiger partial charge in [-0.25, -0.2) is 22.8 Å². The maximum Gasteiger partial charge on any atom is 0.156 e. The molecule has 1 fully saturated rings. The van der Waals surface area contributed by atoms with Gasteiger partial charge in [0.05, 0.1) is 35.8 Å². The molecule has 0 radical (unpaired) electrons. The Morgan fingerprint density at radius 3 is 2.61 bits per heavy atom. The molecule has 3 aromatic heterocycles. The van der Waals surface area contributed by atoms with Crippen LogP contribution >= 0.6 is 0 Å². The maximum atomic E-state index is 14.5. The molecule has 1 aliphatic rings. The third kappa shape index (κ3) is 5.45. The summed E-state index contributed by atoms with van der Waals surface area (Å²) in [6, 6.07) is 9.07. The van der Waals surface area contributed by atoms with Crippen LogP contribution in [0.5, 0.6) is 0 Å². The Kier molecular flexibility index (Phi) is 7.51. The van der Waals surface area contributed by atoms with Crippen molar-refractivity contribution in [1.82, 2.24) is 24.0 Å². The highest BCUT2D eigenvalue weighted by atomic mass is 32.2. The lowest BCUT2D eigenvalue weighted by molar-refractivity contribution is 0.143. The fourth-order valence-electron chi connectivity index (χ4n) is 5.22. The second kappa shape index (κ2) is 10.8. The van der Waals surface area contributed by atoms with E-state index < -0.39 is 9.84 Å². The summed E-state index contributed by atoms with van der Waals surface area (Å²) in [5.74, 6) is 0.782. The summed E-state index contributed by atoms with van der Waals surface area (Å²) < 4.78 is 42.1. The summed E-state index contributed by atoms with van der Waals surface area (Å²) in [6.07, 6.45) is 7.57. The lowest BCUT2D eigenvalue weighted by Crippen LogP contribution is -2.43. The largest absolute Gasteiger partial charge is 0.395 e. The van der Waals surface area contributed by atoms with Crippen LogP contribution < -0.4 is 5.32 Å². The van der Waals surface area contributed by atoms with Crippen LogP contribution in [-0.4, -0.2) is 81.8 Å². The van der Waals surface area contributed by atoms with E-state index in [2.05, 4.69) is 15.2 Å². The van der Waals surface area contributed by atoms with Crippen LogP contribution in [0.1, 0.15) is 18.4 Å². The number of rotatable bonds is 9. The van der Waals surface area contributed by atoms with Gasteiger partial charge in [-0.15, -0.1) is 0 Å². The average molecular weight is 541 g/mol. The number of halogens is 1. The molecule has 4 heterocycles. The van der Waals surface area contributed by atoms with Crippen molar-refractivity contribution in [3.63, 3.8) is 0 Å². The maximum absolute atomic E-state index is 14.5. The van der Waals surface area contributed by atoms with Crippen molar-refractivity contribution in [2.75, 3.05) is 43.6 Å². The van der Waals surface area contributed by atoms with Crippen molar-refractivity contribution in [1.29, 1.82) is 0 Å². The Bertz CT molecular complexity index is 1530. The van der Waals surface area contributed by atoms with Crippen LogP contribution in [0.15, 0.2) is 49.1 Å². The molecule has 5 rings (SSSR count). The predicted octanol–water partition coefficient (Wildman–Crippen LogP) is 3.02. The smallest absolute Gasteiger partial charge is 0.156 e. The first kappa shape index (κ1) is 26.3. The third-order valence-electron chi connectivity index (χ3n) is 7.30. The fraction of sp³-hybridized carbons (Fsp3) is 0.407. The number of nitrogens with zero attached hydrogens (tertiary/aromatic N) is 5.